The Morgan fingerprint density at radius 1 is 1.08 bits per heavy atom. The summed E-state index contributed by atoms with van der Waals surface area (Å²) in [6.07, 6.45) is 8.11. The van der Waals surface area contributed by atoms with E-state index in [1.54, 1.807) is 0 Å². The van der Waals surface area contributed by atoms with Crippen molar-refractivity contribution < 1.29 is 10.2 Å². The van der Waals surface area contributed by atoms with Gasteiger partial charge in [-0.1, -0.05) is 65.5 Å². The van der Waals surface area contributed by atoms with Crippen LogP contribution in [0.5, 0.6) is 11.5 Å². The number of benzene rings is 1. The van der Waals surface area contributed by atoms with Gasteiger partial charge in [-0.15, -0.1) is 0 Å². The van der Waals surface area contributed by atoms with Crippen LogP contribution in [0.15, 0.2) is 23.8 Å². The lowest BCUT2D eigenvalue weighted by Gasteiger charge is -2.34. The van der Waals surface area contributed by atoms with Crippen LogP contribution < -0.4 is 0 Å². The van der Waals surface area contributed by atoms with E-state index in [0.717, 1.165) is 24.0 Å². The molecule has 1 aromatic carbocycles. The summed E-state index contributed by atoms with van der Waals surface area (Å²) < 4.78 is 0. The Kier molecular flexibility index (Phi) is 7.20. The maximum absolute atomic E-state index is 10.8. The largest absolute Gasteiger partial charge is 0.507 e. The molecular weight excluding hydrogens is 320 g/mol. The summed E-state index contributed by atoms with van der Waals surface area (Å²) in [5, 5.41) is 21.7. The molecule has 3 unspecified atom stereocenters. The Morgan fingerprint density at radius 3 is 2.23 bits per heavy atom. The molecule has 2 nitrogen and oxygen atoms in total. The van der Waals surface area contributed by atoms with Gasteiger partial charge >= 0.3 is 0 Å². The van der Waals surface area contributed by atoms with Gasteiger partial charge in [0.05, 0.1) is 0 Å². The van der Waals surface area contributed by atoms with Crippen LogP contribution >= 0.6 is 0 Å². The van der Waals surface area contributed by atoms with Crippen LogP contribution in [0.4, 0.5) is 0 Å². The fraction of sp³-hybridized carbons (Fsp3) is 0.667. The van der Waals surface area contributed by atoms with E-state index in [1.807, 2.05) is 12.1 Å². The van der Waals surface area contributed by atoms with Gasteiger partial charge in [0.15, 0.2) is 0 Å². The standard InChI is InChI=1S/C24H38O2/c1-7-8-9-17(5)18(6)19-13-22(25)24(23(26)14-19)21-12-16(4)10-11-20(21)15(2)3/h12-15,17-18,20-21,25-26H,7-11H2,1-6H3/t17?,18?,20?,21-/m1/s1. The van der Waals surface area contributed by atoms with Crippen molar-refractivity contribution in [1.29, 1.82) is 0 Å². The van der Waals surface area contributed by atoms with Crippen molar-refractivity contribution in [2.24, 2.45) is 17.8 Å². The SMILES string of the molecule is CCCCC(C)C(C)c1cc(O)c([C@@H]2C=C(C)CCC2C(C)C)c(O)c1. The van der Waals surface area contributed by atoms with Gasteiger partial charge in [-0.25, -0.2) is 0 Å². The molecule has 0 aliphatic heterocycles. The van der Waals surface area contributed by atoms with Crippen LogP contribution in [-0.4, -0.2) is 10.2 Å². The number of rotatable bonds is 7. The molecule has 0 saturated carbocycles. The van der Waals surface area contributed by atoms with Crippen molar-refractivity contribution in [3.05, 3.63) is 34.9 Å². The highest BCUT2D eigenvalue weighted by Gasteiger charge is 2.32. The van der Waals surface area contributed by atoms with Gasteiger partial charge in [0.1, 0.15) is 11.5 Å². The van der Waals surface area contributed by atoms with Crippen molar-refractivity contribution in [1.82, 2.24) is 0 Å². The van der Waals surface area contributed by atoms with Crippen LogP contribution in [-0.2, 0) is 0 Å². The summed E-state index contributed by atoms with van der Waals surface area (Å²) in [5.74, 6) is 2.48. The first kappa shape index (κ1) is 20.9. The Hall–Kier alpha value is -1.44. The molecule has 1 aliphatic rings. The number of aromatic hydroxyl groups is 2. The summed E-state index contributed by atoms with van der Waals surface area (Å²) in [4.78, 5) is 0. The molecule has 2 heteroatoms. The molecule has 0 radical (unpaired) electrons. The molecule has 2 N–H and O–H groups in total. The minimum atomic E-state index is 0.102. The van der Waals surface area contributed by atoms with E-state index in [2.05, 4.69) is 47.6 Å². The van der Waals surface area contributed by atoms with Crippen molar-refractivity contribution in [2.75, 3.05) is 0 Å². The minimum Gasteiger partial charge on any atom is -0.507 e. The normalized spacial score (nSPS) is 23.0. The topological polar surface area (TPSA) is 40.5 Å². The van der Waals surface area contributed by atoms with Crippen molar-refractivity contribution in [3.63, 3.8) is 0 Å². The second-order valence-corrected chi connectivity index (χ2v) is 8.87. The van der Waals surface area contributed by atoms with Gasteiger partial charge in [0.25, 0.3) is 0 Å². The third kappa shape index (κ3) is 4.64. The van der Waals surface area contributed by atoms with E-state index in [9.17, 15) is 10.2 Å². The van der Waals surface area contributed by atoms with E-state index < -0.39 is 0 Å². The Labute approximate surface area is 160 Å². The van der Waals surface area contributed by atoms with E-state index in [0.29, 0.717) is 23.7 Å². The molecule has 146 valence electrons. The third-order valence-corrected chi connectivity index (χ3v) is 6.54. The summed E-state index contributed by atoms with van der Waals surface area (Å²) in [5.41, 5.74) is 3.13. The van der Waals surface area contributed by atoms with Crippen LogP contribution in [0, 0.1) is 17.8 Å². The number of hydrogen-bond donors (Lipinski definition) is 2. The zero-order chi connectivity index (χ0) is 19.4. The van der Waals surface area contributed by atoms with Crippen molar-refractivity contribution >= 4 is 0 Å². The van der Waals surface area contributed by atoms with Gasteiger partial charge in [-0.3, -0.25) is 0 Å². The fourth-order valence-electron chi connectivity index (χ4n) is 4.49. The van der Waals surface area contributed by atoms with Crippen LogP contribution in [0.1, 0.15) is 96.6 Å². The van der Waals surface area contributed by atoms with Crippen molar-refractivity contribution in [2.45, 2.75) is 85.5 Å². The average Bonchev–Trinajstić information content (AvgIpc) is 2.58. The number of hydrogen-bond acceptors (Lipinski definition) is 2. The first-order valence-electron chi connectivity index (χ1n) is 10.5. The van der Waals surface area contributed by atoms with Gasteiger partial charge < -0.3 is 10.2 Å². The molecule has 26 heavy (non-hydrogen) atoms. The van der Waals surface area contributed by atoms with Gasteiger partial charge in [0.2, 0.25) is 0 Å². The van der Waals surface area contributed by atoms with Gasteiger partial charge in [0, 0.05) is 11.5 Å². The molecule has 0 spiro atoms. The molecule has 0 saturated heterocycles. The van der Waals surface area contributed by atoms with E-state index in [-0.39, 0.29) is 17.4 Å². The zero-order valence-electron chi connectivity index (χ0n) is 17.5. The summed E-state index contributed by atoms with van der Waals surface area (Å²) in [6, 6.07) is 3.80. The first-order chi connectivity index (χ1) is 12.3. The Morgan fingerprint density at radius 2 is 1.69 bits per heavy atom. The van der Waals surface area contributed by atoms with E-state index in [1.165, 1.54) is 24.8 Å². The fourth-order valence-corrected chi connectivity index (χ4v) is 4.49. The predicted molar refractivity (Wildman–Crippen MR) is 111 cm³/mol. The predicted octanol–water partition coefficient (Wildman–Crippen LogP) is 7.12. The molecule has 4 atom stereocenters. The Balaban J connectivity index is 2.35. The van der Waals surface area contributed by atoms with Crippen molar-refractivity contribution in [3.8, 4) is 11.5 Å². The third-order valence-electron chi connectivity index (χ3n) is 6.54. The molecule has 0 aromatic heterocycles. The molecule has 2 rings (SSSR count). The molecule has 0 bridgehead atoms. The quantitative estimate of drug-likeness (QED) is 0.509. The number of unbranched alkanes of at least 4 members (excludes halogenated alkanes) is 1. The molecule has 1 aliphatic carbocycles. The highest BCUT2D eigenvalue weighted by molar-refractivity contribution is 5.51. The average molecular weight is 359 g/mol. The molecule has 1 aromatic rings. The first-order valence-corrected chi connectivity index (χ1v) is 10.5. The maximum atomic E-state index is 10.8. The van der Waals surface area contributed by atoms with Crippen LogP contribution in [0.3, 0.4) is 0 Å². The zero-order valence-corrected chi connectivity index (χ0v) is 17.5. The number of allylic oxidation sites excluding steroid dienone is 2. The second kappa shape index (κ2) is 8.97. The maximum Gasteiger partial charge on any atom is 0.123 e. The lowest BCUT2D eigenvalue weighted by Crippen LogP contribution is -2.21. The molecular formula is C24H38O2. The van der Waals surface area contributed by atoms with Crippen LogP contribution in [0.25, 0.3) is 0 Å². The van der Waals surface area contributed by atoms with E-state index >= 15 is 0 Å². The van der Waals surface area contributed by atoms with E-state index in [4.69, 9.17) is 0 Å². The monoisotopic (exact) mass is 358 g/mol. The summed E-state index contributed by atoms with van der Waals surface area (Å²) >= 11 is 0. The second-order valence-electron chi connectivity index (χ2n) is 8.87. The lowest BCUT2D eigenvalue weighted by atomic mass is 9.71. The Bertz CT molecular complexity index is 606. The smallest absolute Gasteiger partial charge is 0.123 e. The van der Waals surface area contributed by atoms with Gasteiger partial charge in [-0.2, -0.15) is 0 Å². The lowest BCUT2D eigenvalue weighted by molar-refractivity contribution is 0.303. The van der Waals surface area contributed by atoms with Crippen LogP contribution in [0.2, 0.25) is 0 Å². The highest BCUT2D eigenvalue weighted by Crippen LogP contribution is 2.47. The molecule has 0 fully saturated rings. The molecule has 0 heterocycles. The number of phenolic OH excluding ortho intramolecular Hbond substituents is 2. The minimum absolute atomic E-state index is 0.102. The molecule has 0 amide bonds. The summed E-state index contributed by atoms with van der Waals surface area (Å²) in [6.45, 7) is 13.3. The highest BCUT2D eigenvalue weighted by atomic mass is 16.3. The number of phenols is 2. The van der Waals surface area contributed by atoms with Gasteiger partial charge in [-0.05, 0) is 61.1 Å². The summed E-state index contributed by atoms with van der Waals surface area (Å²) in [7, 11) is 0.